The van der Waals surface area contributed by atoms with E-state index in [2.05, 4.69) is 0 Å². The van der Waals surface area contributed by atoms with Crippen LogP contribution >= 0.6 is 0 Å². The first-order valence-corrected chi connectivity index (χ1v) is 7.57. The molecule has 25 heavy (non-hydrogen) atoms. The number of nitriles is 1. The summed E-state index contributed by atoms with van der Waals surface area (Å²) in [7, 11) is 1.47. The molecule has 0 atom stereocenters. The number of nitrogens with zero attached hydrogens (tertiary/aromatic N) is 3. The molecule has 1 aliphatic rings. The third-order valence-electron chi connectivity index (χ3n) is 4.16. The fraction of sp³-hybridized carbons (Fsp3) is 0.222. The van der Waals surface area contributed by atoms with Crippen molar-refractivity contribution in [1.29, 1.82) is 5.26 Å². The zero-order valence-electron chi connectivity index (χ0n) is 13.8. The molecule has 0 saturated heterocycles. The Labute approximate surface area is 143 Å². The molecule has 0 spiro atoms. The molecule has 1 aromatic carbocycles. The predicted molar refractivity (Wildman–Crippen MR) is 87.8 cm³/mol. The number of fused-ring (bicyclic) bond motifs is 1. The summed E-state index contributed by atoms with van der Waals surface area (Å²) in [6.07, 6.45) is 0. The van der Waals surface area contributed by atoms with E-state index < -0.39 is 17.4 Å². The van der Waals surface area contributed by atoms with Gasteiger partial charge in [0.1, 0.15) is 18.3 Å². The van der Waals surface area contributed by atoms with Gasteiger partial charge in [0.15, 0.2) is 0 Å². The molecule has 7 nitrogen and oxygen atoms in total. The average Bonchev–Trinajstić information content (AvgIpc) is 2.84. The molecule has 0 saturated carbocycles. The third kappa shape index (κ3) is 2.62. The molecule has 3 rings (SSSR count). The van der Waals surface area contributed by atoms with Crippen LogP contribution in [0.4, 0.5) is 0 Å². The van der Waals surface area contributed by atoms with Crippen molar-refractivity contribution in [1.82, 2.24) is 9.47 Å². The van der Waals surface area contributed by atoms with Crippen molar-refractivity contribution in [2.75, 3.05) is 7.11 Å². The van der Waals surface area contributed by atoms with E-state index in [1.807, 2.05) is 6.07 Å². The van der Waals surface area contributed by atoms with E-state index in [1.165, 1.54) is 11.7 Å². The fourth-order valence-electron chi connectivity index (χ4n) is 2.91. The Bertz CT molecular complexity index is 950. The number of benzene rings is 1. The molecule has 0 bridgehead atoms. The van der Waals surface area contributed by atoms with Crippen LogP contribution in [0.1, 0.15) is 37.5 Å². The molecular formula is C18H15N3O4. The average molecular weight is 337 g/mol. The molecule has 1 aliphatic heterocycles. The Morgan fingerprint density at radius 2 is 1.72 bits per heavy atom. The van der Waals surface area contributed by atoms with Crippen molar-refractivity contribution in [3.05, 3.63) is 68.6 Å². The standard InChI is InChI=1S/C18H15N3O4/c1-11-7-12(9-25-2)15(8-19)18(24)20(11)10-21-16(22)13-5-3-4-6-14(13)17(21)23/h3-7H,9-10H2,1-2H3. The second-order valence-corrected chi connectivity index (χ2v) is 5.69. The lowest BCUT2D eigenvalue weighted by Crippen LogP contribution is -2.38. The zero-order chi connectivity index (χ0) is 18.1. The number of hydrogen-bond donors (Lipinski definition) is 0. The van der Waals surface area contributed by atoms with Crippen molar-refractivity contribution < 1.29 is 14.3 Å². The number of hydrogen-bond acceptors (Lipinski definition) is 5. The van der Waals surface area contributed by atoms with Gasteiger partial charge in [-0.2, -0.15) is 5.26 Å². The lowest BCUT2D eigenvalue weighted by molar-refractivity contribution is 0.0602. The summed E-state index contributed by atoms with van der Waals surface area (Å²) in [5.41, 5.74) is 1.04. The van der Waals surface area contributed by atoms with Gasteiger partial charge in [-0.1, -0.05) is 12.1 Å². The minimum Gasteiger partial charge on any atom is -0.380 e. The van der Waals surface area contributed by atoms with Crippen LogP contribution in [-0.2, 0) is 18.0 Å². The molecule has 7 heteroatoms. The maximum atomic E-state index is 12.6. The molecule has 0 fully saturated rings. The summed E-state index contributed by atoms with van der Waals surface area (Å²) in [6, 6.07) is 10.0. The van der Waals surface area contributed by atoms with Crippen LogP contribution in [-0.4, -0.2) is 28.4 Å². The monoisotopic (exact) mass is 337 g/mol. The lowest BCUT2D eigenvalue weighted by atomic mass is 10.1. The van der Waals surface area contributed by atoms with Crippen LogP contribution in [0, 0.1) is 18.3 Å². The molecule has 2 aromatic rings. The number of aryl methyl sites for hydroxylation is 1. The van der Waals surface area contributed by atoms with Crippen LogP contribution in [0.5, 0.6) is 0 Å². The van der Waals surface area contributed by atoms with Gasteiger partial charge in [0.05, 0.1) is 17.7 Å². The molecule has 0 unspecified atom stereocenters. The third-order valence-corrected chi connectivity index (χ3v) is 4.16. The smallest absolute Gasteiger partial charge is 0.270 e. The van der Waals surface area contributed by atoms with Crippen LogP contribution in [0.3, 0.4) is 0 Å². The summed E-state index contributed by atoms with van der Waals surface area (Å²) in [6.45, 7) is 1.58. The Hall–Kier alpha value is -3.24. The quantitative estimate of drug-likeness (QED) is 0.787. The number of pyridine rings is 1. The van der Waals surface area contributed by atoms with E-state index in [4.69, 9.17) is 4.74 Å². The highest BCUT2D eigenvalue weighted by Gasteiger charge is 2.35. The summed E-state index contributed by atoms with van der Waals surface area (Å²) in [5.74, 6) is -0.905. The molecule has 1 aromatic heterocycles. The highest BCUT2D eigenvalue weighted by Crippen LogP contribution is 2.23. The Morgan fingerprint density at radius 3 is 2.24 bits per heavy atom. The number of carbonyl (C=O) groups is 2. The molecule has 126 valence electrons. The second kappa shape index (κ2) is 6.34. The van der Waals surface area contributed by atoms with Gasteiger partial charge in [0.25, 0.3) is 17.4 Å². The van der Waals surface area contributed by atoms with E-state index in [0.29, 0.717) is 22.4 Å². The van der Waals surface area contributed by atoms with Crippen LogP contribution in [0.2, 0.25) is 0 Å². The molecule has 0 N–H and O–H groups in total. The van der Waals surface area contributed by atoms with E-state index in [-0.39, 0.29) is 18.8 Å². The SMILES string of the molecule is COCc1cc(C)n(CN2C(=O)c3ccccc3C2=O)c(=O)c1C#N. The van der Waals surface area contributed by atoms with Gasteiger partial charge < -0.3 is 4.74 Å². The van der Waals surface area contributed by atoms with Gasteiger partial charge in [-0.15, -0.1) is 0 Å². The highest BCUT2D eigenvalue weighted by atomic mass is 16.5. The number of methoxy groups -OCH3 is 1. The number of imide groups is 1. The minimum atomic E-state index is -0.550. The Kier molecular flexibility index (Phi) is 4.21. The number of ether oxygens (including phenoxy) is 1. The van der Waals surface area contributed by atoms with Gasteiger partial charge in [0, 0.05) is 18.4 Å². The number of rotatable bonds is 4. The Balaban J connectivity index is 2.03. The second-order valence-electron chi connectivity index (χ2n) is 5.69. The topological polar surface area (TPSA) is 92.4 Å². The minimum absolute atomic E-state index is 0.0518. The first kappa shape index (κ1) is 16.6. The molecule has 2 heterocycles. The van der Waals surface area contributed by atoms with Gasteiger partial charge in [0.2, 0.25) is 0 Å². The van der Waals surface area contributed by atoms with E-state index in [1.54, 1.807) is 37.3 Å². The lowest BCUT2D eigenvalue weighted by Gasteiger charge is -2.19. The Morgan fingerprint density at radius 1 is 1.12 bits per heavy atom. The molecule has 2 amide bonds. The maximum Gasteiger partial charge on any atom is 0.270 e. The molecular weight excluding hydrogens is 322 g/mol. The predicted octanol–water partition coefficient (Wildman–Crippen LogP) is 1.43. The summed E-state index contributed by atoms with van der Waals surface area (Å²) in [4.78, 5) is 38.6. The van der Waals surface area contributed by atoms with Crippen LogP contribution < -0.4 is 5.56 Å². The zero-order valence-corrected chi connectivity index (χ0v) is 13.8. The van der Waals surface area contributed by atoms with Crippen molar-refractivity contribution in [2.45, 2.75) is 20.2 Å². The van der Waals surface area contributed by atoms with Gasteiger partial charge >= 0.3 is 0 Å². The maximum absolute atomic E-state index is 12.6. The van der Waals surface area contributed by atoms with E-state index in [9.17, 15) is 19.6 Å². The first-order chi connectivity index (χ1) is 12.0. The van der Waals surface area contributed by atoms with Crippen LogP contribution in [0.15, 0.2) is 35.1 Å². The van der Waals surface area contributed by atoms with Gasteiger partial charge in [-0.05, 0) is 25.1 Å². The largest absolute Gasteiger partial charge is 0.380 e. The normalized spacial score (nSPS) is 13.1. The first-order valence-electron chi connectivity index (χ1n) is 7.57. The summed E-state index contributed by atoms with van der Waals surface area (Å²) in [5, 5.41) is 9.28. The van der Waals surface area contributed by atoms with Gasteiger partial charge in [-0.3, -0.25) is 23.9 Å². The molecule has 0 aliphatic carbocycles. The van der Waals surface area contributed by atoms with Crippen molar-refractivity contribution in [2.24, 2.45) is 0 Å². The van der Waals surface area contributed by atoms with E-state index in [0.717, 1.165) is 4.90 Å². The van der Waals surface area contributed by atoms with Crippen molar-refractivity contribution >= 4 is 11.8 Å². The van der Waals surface area contributed by atoms with Gasteiger partial charge in [-0.25, -0.2) is 0 Å². The number of amides is 2. The molecule has 0 radical (unpaired) electrons. The summed E-state index contributed by atoms with van der Waals surface area (Å²) < 4.78 is 6.26. The van der Waals surface area contributed by atoms with E-state index >= 15 is 0 Å². The number of carbonyl (C=O) groups excluding carboxylic acids is 2. The number of aromatic nitrogens is 1. The van der Waals surface area contributed by atoms with Crippen LogP contribution in [0.25, 0.3) is 0 Å². The fourth-order valence-corrected chi connectivity index (χ4v) is 2.91. The highest BCUT2D eigenvalue weighted by molar-refractivity contribution is 6.21. The van der Waals surface area contributed by atoms with Crippen molar-refractivity contribution in [3.8, 4) is 6.07 Å². The summed E-state index contributed by atoms with van der Waals surface area (Å²) >= 11 is 0. The van der Waals surface area contributed by atoms with Crippen molar-refractivity contribution in [3.63, 3.8) is 0 Å².